The van der Waals surface area contributed by atoms with Gasteiger partial charge in [0.2, 0.25) is 17.6 Å². The molecule has 0 saturated carbocycles. The molecule has 4 aromatic carbocycles. The molecule has 2 amide bonds. The Morgan fingerprint density at radius 2 is 1.42 bits per heavy atom. The van der Waals surface area contributed by atoms with Crippen molar-refractivity contribution < 1.29 is 50.2 Å². The van der Waals surface area contributed by atoms with Crippen molar-refractivity contribution in [3.8, 4) is 34.3 Å². The van der Waals surface area contributed by atoms with Crippen LogP contribution in [-0.4, -0.2) is 60.6 Å². The van der Waals surface area contributed by atoms with Gasteiger partial charge in [0, 0.05) is 34.8 Å². The number of H-pyrrole nitrogens is 2. The molecular formula is C38H34ClF6N10O4+. The highest BCUT2D eigenvalue weighted by Gasteiger charge is 2.32. The standard InChI is InChI=1S/C38H33ClF6N10O4/c1-2-33(56)53(23-25-7-5-10-32(17-25)59-38(43,44)45)29-9-6-8-26(19-29)36-48-52-55(49-36)16-4-3-11-34(57)54(22-24-12-14-31(15-13-24)58-37(40,41)42)30-20-27(18-28(39)21-30)35-46-50-51-47-35/h5-10,12-15,17-21H,2-4,11,16,22-23H2,1H3,(H,46,47,50,51)/p+1. The number of unbranched alkanes of at least 4 members (excludes halogenated alkanes) is 1. The predicted octanol–water partition coefficient (Wildman–Crippen LogP) is 7.74. The summed E-state index contributed by atoms with van der Waals surface area (Å²) in [5.74, 6) is -0.821. The van der Waals surface area contributed by atoms with Crippen molar-refractivity contribution in [3.63, 3.8) is 0 Å². The molecule has 2 heterocycles. The maximum absolute atomic E-state index is 13.8. The number of aryl methyl sites for hydroxylation is 1. The lowest BCUT2D eigenvalue weighted by Gasteiger charge is -2.24. The number of carbonyl (C=O) groups excluding carboxylic acids is 2. The number of carbonyl (C=O) groups is 2. The molecule has 308 valence electrons. The predicted molar refractivity (Wildman–Crippen MR) is 199 cm³/mol. The molecule has 0 bridgehead atoms. The number of hydrogen-bond acceptors (Lipinski definition) is 9. The minimum atomic E-state index is -4.86. The van der Waals surface area contributed by atoms with Gasteiger partial charge in [0.1, 0.15) is 18.0 Å². The van der Waals surface area contributed by atoms with Crippen LogP contribution >= 0.6 is 11.6 Å². The number of aromatic amines is 2. The molecule has 0 spiro atoms. The summed E-state index contributed by atoms with van der Waals surface area (Å²) in [6, 6.07) is 22.2. The van der Waals surface area contributed by atoms with Crippen LogP contribution in [0.15, 0.2) is 91.0 Å². The first-order valence-electron chi connectivity index (χ1n) is 17.9. The summed E-state index contributed by atoms with van der Waals surface area (Å²) >= 11 is 6.42. The van der Waals surface area contributed by atoms with Gasteiger partial charge in [-0.3, -0.25) is 9.59 Å². The number of nitrogens with zero attached hydrogens (tertiary/aromatic N) is 8. The molecule has 0 unspecified atom stereocenters. The third-order valence-corrected chi connectivity index (χ3v) is 8.80. The van der Waals surface area contributed by atoms with Gasteiger partial charge in [-0.1, -0.05) is 53.7 Å². The van der Waals surface area contributed by atoms with Crippen LogP contribution < -0.4 is 24.1 Å². The molecule has 6 rings (SSSR count). The second-order valence-electron chi connectivity index (χ2n) is 12.9. The second kappa shape index (κ2) is 18.3. The molecule has 59 heavy (non-hydrogen) atoms. The van der Waals surface area contributed by atoms with E-state index in [1.54, 1.807) is 55.5 Å². The molecule has 2 N–H and O–H groups in total. The number of benzene rings is 4. The monoisotopic (exact) mass is 843 g/mol. The number of hydrogen-bond donors (Lipinski definition) is 2. The fourth-order valence-corrected chi connectivity index (χ4v) is 6.18. The smallest absolute Gasteiger partial charge is 0.406 e. The van der Waals surface area contributed by atoms with Gasteiger partial charge in [0.15, 0.2) is 0 Å². The molecule has 6 aromatic rings. The zero-order valence-corrected chi connectivity index (χ0v) is 31.7. The van der Waals surface area contributed by atoms with Gasteiger partial charge >= 0.3 is 18.5 Å². The first-order chi connectivity index (χ1) is 28.1. The summed E-state index contributed by atoms with van der Waals surface area (Å²) in [7, 11) is 0. The van der Waals surface area contributed by atoms with Crippen LogP contribution in [-0.2, 0) is 29.2 Å². The third kappa shape index (κ3) is 12.0. The van der Waals surface area contributed by atoms with Crippen molar-refractivity contribution in [2.45, 2.75) is 65.0 Å². The number of halogens is 7. The Hall–Kier alpha value is -6.57. The number of nitrogens with one attached hydrogen (secondary N) is 2. The van der Waals surface area contributed by atoms with Crippen molar-refractivity contribution in [3.05, 3.63) is 107 Å². The second-order valence-corrected chi connectivity index (χ2v) is 13.3. The topological polar surface area (TPSA) is 159 Å². The summed E-state index contributed by atoms with van der Waals surface area (Å²) < 4.78 is 84.7. The van der Waals surface area contributed by atoms with Crippen LogP contribution in [0.4, 0.5) is 37.7 Å². The van der Waals surface area contributed by atoms with Crippen LogP contribution in [0.2, 0.25) is 5.02 Å². The zero-order chi connectivity index (χ0) is 42.2. The van der Waals surface area contributed by atoms with Crippen molar-refractivity contribution in [1.29, 1.82) is 0 Å². The first-order valence-corrected chi connectivity index (χ1v) is 18.3. The van der Waals surface area contributed by atoms with E-state index in [1.165, 1.54) is 44.9 Å². The minimum Gasteiger partial charge on any atom is -0.406 e. The lowest BCUT2D eigenvalue weighted by molar-refractivity contribution is -0.805. The molecule has 14 nitrogen and oxygen atoms in total. The quantitative estimate of drug-likeness (QED) is 0.0565. The van der Waals surface area contributed by atoms with Gasteiger partial charge in [0.25, 0.3) is 0 Å². The number of aromatic nitrogens is 8. The highest BCUT2D eigenvalue weighted by molar-refractivity contribution is 6.31. The SMILES string of the molecule is CCC(=O)N(Cc1cccc(OC(F)(F)F)c1)c1cccc(-c2n[nH][n+](CCCCC(=O)N(Cc3ccc(OC(F)(F)F)cc3)c3cc(Cl)cc(-c4nn[nH]n4)c3)n2)c1. The largest absolute Gasteiger partial charge is 0.573 e. The molecule has 0 aliphatic heterocycles. The number of anilines is 2. The Labute approximate surface area is 336 Å². The van der Waals surface area contributed by atoms with Crippen molar-refractivity contribution in [1.82, 2.24) is 36.0 Å². The van der Waals surface area contributed by atoms with Gasteiger partial charge < -0.3 is 19.3 Å². The maximum atomic E-state index is 13.8. The number of ether oxygens (including phenoxy) is 2. The first kappa shape index (κ1) is 42.0. The molecular weight excluding hydrogens is 810 g/mol. The van der Waals surface area contributed by atoms with E-state index < -0.39 is 24.2 Å². The Kier molecular flexibility index (Phi) is 13.1. The zero-order valence-electron chi connectivity index (χ0n) is 31.0. The molecule has 0 aliphatic rings. The number of alkyl halides is 6. The van der Waals surface area contributed by atoms with Gasteiger partial charge in [-0.25, -0.2) is 0 Å². The molecule has 0 saturated heterocycles. The van der Waals surface area contributed by atoms with Crippen molar-refractivity contribution in [2.75, 3.05) is 9.80 Å². The van der Waals surface area contributed by atoms with Crippen molar-refractivity contribution in [2.24, 2.45) is 0 Å². The summed E-state index contributed by atoms with van der Waals surface area (Å²) in [6.45, 7) is 2.00. The summed E-state index contributed by atoms with van der Waals surface area (Å²) in [5, 5.41) is 25.8. The maximum Gasteiger partial charge on any atom is 0.573 e. The normalized spacial score (nSPS) is 11.7. The fourth-order valence-electron chi connectivity index (χ4n) is 5.96. The third-order valence-electron chi connectivity index (χ3n) is 8.59. The van der Waals surface area contributed by atoms with E-state index in [9.17, 15) is 35.9 Å². The van der Waals surface area contributed by atoms with Crippen LogP contribution in [0.1, 0.15) is 43.7 Å². The Morgan fingerprint density at radius 3 is 2.14 bits per heavy atom. The van der Waals surface area contributed by atoms with Crippen LogP contribution in [0.3, 0.4) is 0 Å². The average Bonchev–Trinajstić information content (AvgIpc) is 3.90. The van der Waals surface area contributed by atoms with E-state index in [-0.39, 0.29) is 48.6 Å². The lowest BCUT2D eigenvalue weighted by Crippen LogP contribution is -2.39. The van der Waals surface area contributed by atoms with Gasteiger partial charge in [-0.15, -0.1) is 36.5 Å². The van der Waals surface area contributed by atoms with Gasteiger partial charge in [0.05, 0.1) is 23.8 Å². The summed E-state index contributed by atoms with van der Waals surface area (Å²) in [5.41, 5.74) is 2.86. The van der Waals surface area contributed by atoms with E-state index in [1.807, 2.05) is 0 Å². The number of amides is 2. The molecule has 2 aromatic heterocycles. The number of tetrazole rings is 2. The highest BCUT2D eigenvalue weighted by atomic mass is 35.5. The highest BCUT2D eigenvalue weighted by Crippen LogP contribution is 2.31. The fraction of sp³-hybridized carbons (Fsp3) is 0.263. The van der Waals surface area contributed by atoms with Gasteiger partial charge in [-0.05, 0) is 100 Å². The molecule has 0 atom stereocenters. The Bertz CT molecular complexity index is 2360. The molecule has 0 radical (unpaired) electrons. The van der Waals surface area contributed by atoms with Crippen molar-refractivity contribution >= 4 is 34.8 Å². The van der Waals surface area contributed by atoms with Crippen LogP contribution in [0.25, 0.3) is 22.8 Å². The Morgan fingerprint density at radius 1 is 0.729 bits per heavy atom. The van der Waals surface area contributed by atoms with E-state index in [4.69, 9.17) is 11.6 Å². The van der Waals surface area contributed by atoms with Crippen LogP contribution in [0, 0.1) is 0 Å². The minimum absolute atomic E-state index is 0.00340. The summed E-state index contributed by atoms with van der Waals surface area (Å²) in [6.07, 6.45) is -8.61. The van der Waals surface area contributed by atoms with E-state index in [0.717, 1.165) is 12.1 Å². The molecule has 0 aliphatic carbocycles. The van der Waals surface area contributed by atoms with Crippen LogP contribution in [0.5, 0.6) is 11.5 Å². The lowest BCUT2D eigenvalue weighted by atomic mass is 10.1. The Balaban J connectivity index is 1.11. The van der Waals surface area contributed by atoms with Gasteiger partial charge in [-0.2, -0.15) is 5.21 Å². The van der Waals surface area contributed by atoms with E-state index in [2.05, 4.69) is 45.5 Å². The molecule has 0 fully saturated rings. The number of rotatable bonds is 16. The average molecular weight is 844 g/mol. The molecule has 21 heteroatoms. The van der Waals surface area contributed by atoms with E-state index >= 15 is 0 Å². The van der Waals surface area contributed by atoms with E-state index in [0.29, 0.717) is 58.8 Å². The summed E-state index contributed by atoms with van der Waals surface area (Å²) in [4.78, 5) is 31.2.